The fourth-order valence-electron chi connectivity index (χ4n) is 3.06. The van der Waals surface area contributed by atoms with Gasteiger partial charge in [-0.3, -0.25) is 0 Å². The van der Waals surface area contributed by atoms with Crippen LogP contribution in [-0.2, 0) is 6.42 Å². The molecular formula is C16H26BrNS. The maximum absolute atomic E-state index is 3.74. The molecule has 1 N–H and O–H groups in total. The van der Waals surface area contributed by atoms with Crippen molar-refractivity contribution in [3.8, 4) is 0 Å². The molecule has 1 aromatic rings. The van der Waals surface area contributed by atoms with Crippen molar-refractivity contribution in [1.29, 1.82) is 0 Å². The zero-order valence-corrected chi connectivity index (χ0v) is 14.4. The summed E-state index contributed by atoms with van der Waals surface area (Å²) >= 11 is 5.45. The van der Waals surface area contributed by atoms with Crippen molar-refractivity contribution in [2.24, 2.45) is 5.92 Å². The number of nitrogens with one attached hydrogen (secondary N) is 1. The zero-order valence-electron chi connectivity index (χ0n) is 12.0. The van der Waals surface area contributed by atoms with Crippen LogP contribution in [-0.4, -0.2) is 12.6 Å². The third kappa shape index (κ3) is 5.57. The summed E-state index contributed by atoms with van der Waals surface area (Å²) in [4.78, 5) is 1.51. The Morgan fingerprint density at radius 2 is 2.16 bits per heavy atom. The van der Waals surface area contributed by atoms with Gasteiger partial charge in [-0.05, 0) is 66.2 Å². The fraction of sp³-hybridized carbons (Fsp3) is 0.750. The lowest BCUT2D eigenvalue weighted by molar-refractivity contribution is 0.403. The van der Waals surface area contributed by atoms with Gasteiger partial charge in [0.2, 0.25) is 0 Å². The molecule has 1 atom stereocenters. The Hall–Kier alpha value is 0.140. The summed E-state index contributed by atoms with van der Waals surface area (Å²) in [6.45, 7) is 3.41. The molecule has 3 heteroatoms. The van der Waals surface area contributed by atoms with E-state index in [9.17, 15) is 0 Å². The molecule has 1 nitrogen and oxygen atoms in total. The number of halogens is 1. The Balaban J connectivity index is 1.79. The number of hydrogen-bond donors (Lipinski definition) is 1. The van der Waals surface area contributed by atoms with E-state index in [1.807, 2.05) is 11.3 Å². The molecule has 0 radical (unpaired) electrons. The molecule has 0 spiro atoms. The van der Waals surface area contributed by atoms with Gasteiger partial charge in [0.1, 0.15) is 0 Å². The molecule has 0 aromatic carbocycles. The van der Waals surface area contributed by atoms with Crippen molar-refractivity contribution in [3.05, 3.63) is 20.8 Å². The lowest BCUT2D eigenvalue weighted by Gasteiger charge is -2.19. The van der Waals surface area contributed by atoms with Crippen LogP contribution in [0.4, 0.5) is 0 Å². The van der Waals surface area contributed by atoms with Crippen LogP contribution in [0.25, 0.3) is 0 Å². The molecule has 1 heterocycles. The molecule has 108 valence electrons. The van der Waals surface area contributed by atoms with Crippen molar-refractivity contribution in [2.45, 2.75) is 64.3 Å². The summed E-state index contributed by atoms with van der Waals surface area (Å²) in [5.74, 6) is 1.01. The monoisotopic (exact) mass is 343 g/mol. The van der Waals surface area contributed by atoms with Crippen LogP contribution in [0.15, 0.2) is 15.9 Å². The van der Waals surface area contributed by atoms with Gasteiger partial charge in [0, 0.05) is 10.9 Å². The smallest absolute Gasteiger partial charge is 0.0701 e. The quantitative estimate of drug-likeness (QED) is 0.666. The lowest BCUT2D eigenvalue weighted by Crippen LogP contribution is -2.32. The van der Waals surface area contributed by atoms with E-state index in [2.05, 4.69) is 40.3 Å². The van der Waals surface area contributed by atoms with E-state index >= 15 is 0 Å². The standard InChI is InChI=1S/C16H26BrNS/c1-2-11-18-14(8-7-13-5-3-4-6-13)12-15-9-10-16(17)19-15/h9-10,13-14,18H,2-8,11-12H2,1H3. The van der Waals surface area contributed by atoms with Crippen LogP contribution in [0.5, 0.6) is 0 Å². The predicted octanol–water partition coefficient (Wildman–Crippen LogP) is 5.39. The van der Waals surface area contributed by atoms with Gasteiger partial charge in [0.05, 0.1) is 3.79 Å². The van der Waals surface area contributed by atoms with Crippen molar-refractivity contribution in [3.63, 3.8) is 0 Å². The van der Waals surface area contributed by atoms with Crippen molar-refractivity contribution < 1.29 is 0 Å². The highest BCUT2D eigenvalue weighted by Crippen LogP contribution is 2.30. The fourth-order valence-corrected chi connectivity index (χ4v) is 4.63. The predicted molar refractivity (Wildman–Crippen MR) is 89.0 cm³/mol. The van der Waals surface area contributed by atoms with E-state index in [0.717, 1.165) is 12.5 Å². The van der Waals surface area contributed by atoms with Crippen LogP contribution in [0, 0.1) is 5.92 Å². The minimum absolute atomic E-state index is 0.672. The Labute approximate surface area is 130 Å². The lowest BCUT2D eigenvalue weighted by atomic mass is 9.96. The number of thiophene rings is 1. The second-order valence-corrected chi connectivity index (χ2v) is 8.34. The summed E-state index contributed by atoms with van der Waals surface area (Å²) in [6, 6.07) is 5.12. The summed E-state index contributed by atoms with van der Waals surface area (Å²) in [5.41, 5.74) is 0. The van der Waals surface area contributed by atoms with Gasteiger partial charge in [-0.15, -0.1) is 11.3 Å². The molecule has 19 heavy (non-hydrogen) atoms. The molecule has 1 unspecified atom stereocenters. The van der Waals surface area contributed by atoms with E-state index in [0.29, 0.717) is 6.04 Å². The molecule has 0 aliphatic heterocycles. The topological polar surface area (TPSA) is 12.0 Å². The van der Waals surface area contributed by atoms with Gasteiger partial charge in [-0.25, -0.2) is 0 Å². The number of rotatable bonds is 8. The van der Waals surface area contributed by atoms with Crippen LogP contribution in [0.1, 0.15) is 56.7 Å². The summed E-state index contributed by atoms with van der Waals surface area (Å²) in [6.07, 6.45) is 11.1. The second-order valence-electron chi connectivity index (χ2n) is 5.79. The van der Waals surface area contributed by atoms with Crippen LogP contribution in [0.3, 0.4) is 0 Å². The highest BCUT2D eigenvalue weighted by molar-refractivity contribution is 9.11. The van der Waals surface area contributed by atoms with Crippen molar-refractivity contribution in [2.75, 3.05) is 6.54 Å². The molecule has 2 rings (SSSR count). The Bertz CT molecular complexity index is 357. The molecule has 1 aliphatic carbocycles. The normalized spacial score (nSPS) is 18.0. The van der Waals surface area contributed by atoms with Gasteiger partial charge in [0.15, 0.2) is 0 Å². The third-order valence-electron chi connectivity index (χ3n) is 4.16. The maximum Gasteiger partial charge on any atom is 0.0701 e. The summed E-state index contributed by atoms with van der Waals surface area (Å²) < 4.78 is 1.26. The molecule has 0 bridgehead atoms. The highest BCUT2D eigenvalue weighted by Gasteiger charge is 2.17. The first kappa shape index (κ1) is 15.5. The molecule has 0 saturated heterocycles. The Morgan fingerprint density at radius 3 is 2.79 bits per heavy atom. The first-order chi connectivity index (χ1) is 9.28. The van der Waals surface area contributed by atoms with Gasteiger partial charge in [0.25, 0.3) is 0 Å². The van der Waals surface area contributed by atoms with Crippen LogP contribution < -0.4 is 5.32 Å². The second kappa shape index (κ2) is 8.43. The minimum Gasteiger partial charge on any atom is -0.314 e. The van der Waals surface area contributed by atoms with Crippen molar-refractivity contribution >= 4 is 27.3 Å². The first-order valence-electron chi connectivity index (χ1n) is 7.75. The maximum atomic E-state index is 3.74. The Morgan fingerprint density at radius 1 is 1.37 bits per heavy atom. The van der Waals surface area contributed by atoms with E-state index < -0.39 is 0 Å². The van der Waals surface area contributed by atoms with Gasteiger partial charge in [-0.2, -0.15) is 0 Å². The van der Waals surface area contributed by atoms with Gasteiger partial charge in [-0.1, -0.05) is 32.6 Å². The average Bonchev–Trinajstić information content (AvgIpc) is 3.04. The molecule has 1 saturated carbocycles. The highest BCUT2D eigenvalue weighted by atomic mass is 79.9. The van der Waals surface area contributed by atoms with E-state index in [4.69, 9.17) is 0 Å². The minimum atomic E-state index is 0.672. The molecule has 1 aromatic heterocycles. The summed E-state index contributed by atoms with van der Waals surface area (Å²) in [7, 11) is 0. The molecule has 1 aliphatic rings. The molecule has 1 fully saturated rings. The first-order valence-corrected chi connectivity index (χ1v) is 9.36. The van der Waals surface area contributed by atoms with Crippen molar-refractivity contribution in [1.82, 2.24) is 5.32 Å². The van der Waals surface area contributed by atoms with E-state index in [1.54, 1.807) is 0 Å². The van der Waals surface area contributed by atoms with Crippen LogP contribution in [0.2, 0.25) is 0 Å². The average molecular weight is 344 g/mol. The SMILES string of the molecule is CCCNC(CCC1CCCC1)Cc1ccc(Br)s1. The molecular weight excluding hydrogens is 318 g/mol. The molecule has 0 amide bonds. The van der Waals surface area contributed by atoms with Crippen LogP contribution >= 0.6 is 27.3 Å². The van der Waals surface area contributed by atoms with Gasteiger partial charge >= 0.3 is 0 Å². The largest absolute Gasteiger partial charge is 0.314 e. The Kier molecular flexibility index (Phi) is 6.89. The van der Waals surface area contributed by atoms with E-state index in [-0.39, 0.29) is 0 Å². The zero-order chi connectivity index (χ0) is 13.5. The third-order valence-corrected chi connectivity index (χ3v) is 5.80. The van der Waals surface area contributed by atoms with E-state index in [1.165, 1.54) is 60.0 Å². The number of hydrogen-bond acceptors (Lipinski definition) is 2. The summed E-state index contributed by atoms with van der Waals surface area (Å²) in [5, 5.41) is 3.74. The van der Waals surface area contributed by atoms with Gasteiger partial charge < -0.3 is 5.32 Å².